The monoisotopic (exact) mass is 544 g/mol. The number of thioether (sulfide) groups is 1. The molecule has 0 spiro atoms. The molecule has 3 N–H and O–H groups in total. The van der Waals surface area contributed by atoms with Crippen LogP contribution in [0.15, 0.2) is 52.9 Å². The minimum absolute atomic E-state index is 0.0496. The van der Waals surface area contributed by atoms with Crippen molar-refractivity contribution in [3.05, 3.63) is 93.9 Å². The Morgan fingerprint density at radius 3 is 2.50 bits per heavy atom. The van der Waals surface area contributed by atoms with Crippen LogP contribution in [0.5, 0.6) is 0 Å². The van der Waals surface area contributed by atoms with Crippen LogP contribution < -0.4 is 10.6 Å². The first kappa shape index (κ1) is 29.9. The molecule has 3 aromatic rings. The minimum atomic E-state index is -1.01. The maximum absolute atomic E-state index is 13.8. The SMILES string of the molecule is CCCCSCc1cc(C(=O)NC(Cc2cc(F)cc(F)c2)C(O)CNCc2cccc(CC)c2)oc1C. The summed E-state index contributed by atoms with van der Waals surface area (Å²) in [7, 11) is 0. The van der Waals surface area contributed by atoms with Crippen LogP contribution in [0.1, 0.15) is 65.3 Å². The van der Waals surface area contributed by atoms with Crippen molar-refractivity contribution in [3.8, 4) is 0 Å². The quantitative estimate of drug-likeness (QED) is 0.206. The van der Waals surface area contributed by atoms with Gasteiger partial charge in [0.1, 0.15) is 17.4 Å². The molecule has 3 rings (SSSR count). The van der Waals surface area contributed by atoms with Crippen LogP contribution in [0, 0.1) is 18.6 Å². The van der Waals surface area contributed by atoms with Crippen LogP contribution in [0.2, 0.25) is 0 Å². The van der Waals surface area contributed by atoms with Gasteiger partial charge in [-0.15, -0.1) is 0 Å². The van der Waals surface area contributed by atoms with Gasteiger partial charge in [0.2, 0.25) is 0 Å². The zero-order valence-electron chi connectivity index (χ0n) is 22.4. The van der Waals surface area contributed by atoms with E-state index < -0.39 is 29.7 Å². The Morgan fingerprint density at radius 1 is 1.05 bits per heavy atom. The molecule has 2 unspecified atom stereocenters. The smallest absolute Gasteiger partial charge is 0.287 e. The maximum atomic E-state index is 13.8. The van der Waals surface area contributed by atoms with Crippen molar-refractivity contribution in [2.75, 3.05) is 12.3 Å². The van der Waals surface area contributed by atoms with Crippen LogP contribution >= 0.6 is 11.8 Å². The molecule has 0 aliphatic rings. The molecule has 1 aromatic heterocycles. The fraction of sp³-hybridized carbons (Fsp3) is 0.433. The first-order chi connectivity index (χ1) is 18.3. The minimum Gasteiger partial charge on any atom is -0.456 e. The molecule has 0 saturated heterocycles. The highest BCUT2D eigenvalue weighted by molar-refractivity contribution is 7.98. The number of aliphatic hydroxyl groups is 1. The number of nitrogens with one attached hydrogen (secondary N) is 2. The second kappa shape index (κ2) is 15.0. The second-order valence-electron chi connectivity index (χ2n) is 9.53. The highest BCUT2D eigenvalue weighted by Gasteiger charge is 2.25. The van der Waals surface area contributed by atoms with E-state index in [-0.39, 0.29) is 18.7 Å². The average Bonchev–Trinajstić information content (AvgIpc) is 3.26. The van der Waals surface area contributed by atoms with E-state index in [9.17, 15) is 18.7 Å². The molecular weight excluding hydrogens is 506 g/mol. The zero-order valence-corrected chi connectivity index (χ0v) is 23.2. The Labute approximate surface area is 228 Å². The first-order valence-electron chi connectivity index (χ1n) is 13.2. The van der Waals surface area contributed by atoms with Crippen molar-refractivity contribution in [2.45, 2.75) is 70.9 Å². The van der Waals surface area contributed by atoms with Crippen molar-refractivity contribution < 1.29 is 23.1 Å². The number of carbonyl (C=O) groups is 1. The molecular formula is C30H38F2N2O3S. The van der Waals surface area contributed by atoms with Crippen LogP contribution in [-0.2, 0) is 25.1 Å². The lowest BCUT2D eigenvalue weighted by Gasteiger charge is -2.24. The molecule has 1 amide bonds. The van der Waals surface area contributed by atoms with Gasteiger partial charge in [-0.05, 0) is 66.8 Å². The molecule has 0 saturated carbocycles. The summed E-state index contributed by atoms with van der Waals surface area (Å²) < 4.78 is 33.4. The van der Waals surface area contributed by atoms with Crippen LogP contribution in [-0.4, -0.2) is 35.5 Å². The van der Waals surface area contributed by atoms with Crippen LogP contribution in [0.4, 0.5) is 8.78 Å². The first-order valence-corrected chi connectivity index (χ1v) is 14.3. The molecule has 0 aliphatic carbocycles. The number of furan rings is 1. The van der Waals surface area contributed by atoms with Gasteiger partial charge in [-0.2, -0.15) is 11.8 Å². The summed E-state index contributed by atoms with van der Waals surface area (Å²) in [5.41, 5.74) is 3.60. The van der Waals surface area contributed by atoms with Crippen LogP contribution in [0.3, 0.4) is 0 Å². The molecule has 1 heterocycles. The lowest BCUT2D eigenvalue weighted by atomic mass is 10.00. The van der Waals surface area contributed by atoms with E-state index in [1.54, 1.807) is 17.8 Å². The molecule has 0 bridgehead atoms. The van der Waals surface area contributed by atoms with Crippen molar-refractivity contribution in [3.63, 3.8) is 0 Å². The molecule has 2 atom stereocenters. The third-order valence-electron chi connectivity index (χ3n) is 6.39. The third-order valence-corrected chi connectivity index (χ3v) is 7.48. The standard InChI is InChI=1S/C30H38F2N2O3S/c1-4-6-10-38-19-24-15-29(37-20(24)3)30(36)34-27(14-23-12-25(31)16-26(32)13-23)28(35)18-33-17-22-9-7-8-21(5-2)11-22/h7-9,11-13,15-16,27-28,33,35H,4-6,10,14,17-19H2,1-3H3,(H,34,36). The van der Waals surface area contributed by atoms with Gasteiger partial charge < -0.3 is 20.2 Å². The van der Waals surface area contributed by atoms with Crippen molar-refractivity contribution in [1.29, 1.82) is 0 Å². The average molecular weight is 545 g/mol. The molecule has 38 heavy (non-hydrogen) atoms. The zero-order chi connectivity index (χ0) is 27.5. The number of aliphatic hydroxyl groups excluding tert-OH is 1. The van der Waals surface area contributed by atoms with Gasteiger partial charge in [-0.3, -0.25) is 4.79 Å². The predicted octanol–water partition coefficient (Wildman–Crippen LogP) is 5.95. The molecule has 0 fully saturated rings. The van der Waals surface area contributed by atoms with Crippen molar-refractivity contribution in [1.82, 2.24) is 10.6 Å². The highest BCUT2D eigenvalue weighted by Crippen LogP contribution is 2.22. The fourth-order valence-electron chi connectivity index (χ4n) is 4.18. The second-order valence-corrected chi connectivity index (χ2v) is 10.6. The van der Waals surface area contributed by atoms with E-state index in [0.29, 0.717) is 17.9 Å². The fourth-order valence-corrected chi connectivity index (χ4v) is 5.32. The number of aryl methyl sites for hydroxylation is 2. The topological polar surface area (TPSA) is 74.5 Å². The van der Waals surface area contributed by atoms with Gasteiger partial charge in [0.25, 0.3) is 5.91 Å². The number of unbranched alkanes of at least 4 members (excludes halogenated alkanes) is 1. The molecule has 0 radical (unpaired) electrons. The van der Waals surface area contributed by atoms with Gasteiger partial charge >= 0.3 is 0 Å². The summed E-state index contributed by atoms with van der Waals surface area (Å²) in [6, 6.07) is 12.3. The normalized spacial score (nSPS) is 12.9. The third kappa shape index (κ3) is 9.26. The van der Waals surface area contributed by atoms with E-state index in [4.69, 9.17) is 4.42 Å². The molecule has 5 nitrogen and oxygen atoms in total. The number of hydrogen-bond donors (Lipinski definition) is 3. The summed E-state index contributed by atoms with van der Waals surface area (Å²) in [5, 5.41) is 17.1. The number of hydrogen-bond acceptors (Lipinski definition) is 5. The number of halogens is 2. The lowest BCUT2D eigenvalue weighted by Crippen LogP contribution is -2.48. The maximum Gasteiger partial charge on any atom is 0.287 e. The lowest BCUT2D eigenvalue weighted by molar-refractivity contribution is 0.0803. The number of rotatable bonds is 15. The number of carbonyl (C=O) groups excluding carboxylic acids is 1. The Kier molecular flexibility index (Phi) is 11.8. The van der Waals surface area contributed by atoms with Gasteiger partial charge in [0, 0.05) is 30.5 Å². The van der Waals surface area contributed by atoms with E-state index in [0.717, 1.165) is 48.0 Å². The molecule has 0 aliphatic heterocycles. The Hall–Kier alpha value is -2.68. The van der Waals surface area contributed by atoms with E-state index in [1.165, 1.54) is 17.7 Å². The Morgan fingerprint density at radius 2 is 1.79 bits per heavy atom. The Balaban J connectivity index is 1.69. The summed E-state index contributed by atoms with van der Waals surface area (Å²) in [6.07, 6.45) is 2.23. The molecule has 2 aromatic carbocycles. The summed E-state index contributed by atoms with van der Waals surface area (Å²) in [5.74, 6) is 0.729. The summed E-state index contributed by atoms with van der Waals surface area (Å²) in [4.78, 5) is 13.1. The predicted molar refractivity (Wildman–Crippen MR) is 149 cm³/mol. The van der Waals surface area contributed by atoms with E-state index in [1.807, 2.05) is 19.1 Å². The number of amides is 1. The van der Waals surface area contributed by atoms with Gasteiger partial charge in [-0.25, -0.2) is 8.78 Å². The van der Waals surface area contributed by atoms with Crippen molar-refractivity contribution >= 4 is 17.7 Å². The van der Waals surface area contributed by atoms with E-state index in [2.05, 4.69) is 36.6 Å². The summed E-state index contributed by atoms with van der Waals surface area (Å²) in [6.45, 7) is 6.78. The number of benzene rings is 2. The largest absolute Gasteiger partial charge is 0.456 e. The van der Waals surface area contributed by atoms with Gasteiger partial charge in [-0.1, -0.05) is 44.5 Å². The van der Waals surface area contributed by atoms with Gasteiger partial charge in [0.15, 0.2) is 5.76 Å². The molecule has 8 heteroatoms. The van der Waals surface area contributed by atoms with E-state index >= 15 is 0 Å². The summed E-state index contributed by atoms with van der Waals surface area (Å²) >= 11 is 1.79. The Bertz CT molecular complexity index is 1160. The van der Waals surface area contributed by atoms with Gasteiger partial charge in [0.05, 0.1) is 12.1 Å². The van der Waals surface area contributed by atoms with Crippen molar-refractivity contribution in [2.24, 2.45) is 0 Å². The molecule has 206 valence electrons. The highest BCUT2D eigenvalue weighted by atomic mass is 32.2. The van der Waals surface area contributed by atoms with Crippen LogP contribution in [0.25, 0.3) is 0 Å².